The number of fused-ring (bicyclic) bond motifs is 1. The SMILES string of the molecule is CC(Nc1nc(N)nc(N)c1C#N)c1nc2cccc(Cl)c2c(=O)n1CCN(C)C. The molecule has 3 aromatic rings. The molecule has 10 nitrogen and oxygen atoms in total. The van der Waals surface area contributed by atoms with Gasteiger partial charge in [-0.2, -0.15) is 15.2 Å². The van der Waals surface area contributed by atoms with Crippen molar-refractivity contribution in [2.45, 2.75) is 19.5 Å². The van der Waals surface area contributed by atoms with Crippen LogP contribution in [0.3, 0.4) is 0 Å². The maximum absolute atomic E-state index is 13.2. The average molecular weight is 428 g/mol. The van der Waals surface area contributed by atoms with E-state index in [0.29, 0.717) is 34.8 Å². The summed E-state index contributed by atoms with van der Waals surface area (Å²) in [4.78, 5) is 27.8. The van der Waals surface area contributed by atoms with Gasteiger partial charge in [-0.3, -0.25) is 9.36 Å². The van der Waals surface area contributed by atoms with Crippen LogP contribution in [0.25, 0.3) is 10.9 Å². The molecular weight excluding hydrogens is 406 g/mol. The molecular formula is C19H22ClN9O. The number of nitrogens with one attached hydrogen (secondary N) is 1. The van der Waals surface area contributed by atoms with Crippen LogP contribution in [0.15, 0.2) is 23.0 Å². The summed E-state index contributed by atoms with van der Waals surface area (Å²) < 4.78 is 1.58. The van der Waals surface area contributed by atoms with Crippen LogP contribution in [0.4, 0.5) is 17.6 Å². The molecule has 0 saturated carbocycles. The van der Waals surface area contributed by atoms with Crippen molar-refractivity contribution < 1.29 is 0 Å². The van der Waals surface area contributed by atoms with E-state index in [1.165, 1.54) is 0 Å². The molecule has 0 bridgehead atoms. The highest BCUT2D eigenvalue weighted by molar-refractivity contribution is 6.35. The lowest BCUT2D eigenvalue weighted by Gasteiger charge is -2.22. The summed E-state index contributed by atoms with van der Waals surface area (Å²) in [6, 6.07) is 6.61. The fourth-order valence-corrected chi connectivity index (χ4v) is 3.32. The molecule has 11 heteroatoms. The minimum absolute atomic E-state index is 0.0250. The number of likely N-dealkylation sites (N-methyl/N-ethyl adjacent to an activating group) is 1. The maximum Gasteiger partial charge on any atom is 0.263 e. The first kappa shape index (κ1) is 21.3. The number of benzene rings is 1. The second-order valence-electron chi connectivity index (χ2n) is 7.03. The van der Waals surface area contributed by atoms with Gasteiger partial charge in [0.15, 0.2) is 5.82 Å². The monoisotopic (exact) mass is 427 g/mol. The first-order chi connectivity index (χ1) is 14.2. The molecule has 0 aliphatic rings. The minimum atomic E-state index is -0.496. The minimum Gasteiger partial charge on any atom is -0.382 e. The largest absolute Gasteiger partial charge is 0.382 e. The zero-order valence-electron chi connectivity index (χ0n) is 16.8. The zero-order chi connectivity index (χ0) is 22.0. The van der Waals surface area contributed by atoms with Gasteiger partial charge in [-0.1, -0.05) is 17.7 Å². The average Bonchev–Trinajstić information content (AvgIpc) is 2.66. The Morgan fingerprint density at radius 2 is 2.03 bits per heavy atom. The molecule has 2 heterocycles. The summed E-state index contributed by atoms with van der Waals surface area (Å²) in [5, 5.41) is 13.2. The highest BCUT2D eigenvalue weighted by Crippen LogP contribution is 2.25. The van der Waals surface area contributed by atoms with Crippen molar-refractivity contribution in [1.29, 1.82) is 5.26 Å². The Hall–Kier alpha value is -3.42. The van der Waals surface area contributed by atoms with E-state index in [-0.39, 0.29) is 28.7 Å². The van der Waals surface area contributed by atoms with E-state index in [0.717, 1.165) is 0 Å². The second-order valence-corrected chi connectivity index (χ2v) is 7.44. The van der Waals surface area contributed by atoms with Crippen LogP contribution in [0.1, 0.15) is 24.4 Å². The van der Waals surface area contributed by atoms with Gasteiger partial charge < -0.3 is 21.7 Å². The van der Waals surface area contributed by atoms with Crippen molar-refractivity contribution in [3.8, 4) is 6.07 Å². The normalized spacial score (nSPS) is 12.1. The van der Waals surface area contributed by atoms with Crippen LogP contribution in [-0.2, 0) is 6.54 Å². The van der Waals surface area contributed by atoms with Crippen molar-refractivity contribution in [1.82, 2.24) is 24.4 Å². The Labute approximate surface area is 178 Å². The molecule has 0 aliphatic carbocycles. The number of rotatable bonds is 6. The van der Waals surface area contributed by atoms with Crippen LogP contribution in [-0.4, -0.2) is 45.1 Å². The molecule has 156 valence electrons. The molecule has 1 atom stereocenters. The zero-order valence-corrected chi connectivity index (χ0v) is 17.6. The van der Waals surface area contributed by atoms with Gasteiger partial charge in [0, 0.05) is 13.1 Å². The summed E-state index contributed by atoms with van der Waals surface area (Å²) in [5.74, 6) is 0.554. The highest BCUT2D eigenvalue weighted by Gasteiger charge is 2.20. The van der Waals surface area contributed by atoms with Crippen LogP contribution in [0.5, 0.6) is 0 Å². The number of nitrogen functional groups attached to an aromatic ring is 2. The quantitative estimate of drug-likeness (QED) is 0.532. The Balaban J connectivity index is 2.14. The van der Waals surface area contributed by atoms with E-state index in [2.05, 4.69) is 20.3 Å². The van der Waals surface area contributed by atoms with Crippen molar-refractivity contribution in [2.75, 3.05) is 37.4 Å². The van der Waals surface area contributed by atoms with Gasteiger partial charge in [0.2, 0.25) is 5.95 Å². The molecule has 30 heavy (non-hydrogen) atoms. The van der Waals surface area contributed by atoms with Gasteiger partial charge in [0.1, 0.15) is 23.3 Å². The molecule has 1 unspecified atom stereocenters. The van der Waals surface area contributed by atoms with E-state index in [4.69, 9.17) is 23.1 Å². The number of nitriles is 1. The number of nitrogens with zero attached hydrogens (tertiary/aromatic N) is 6. The number of halogens is 1. The van der Waals surface area contributed by atoms with Gasteiger partial charge in [0.25, 0.3) is 5.56 Å². The Morgan fingerprint density at radius 1 is 1.30 bits per heavy atom. The van der Waals surface area contributed by atoms with E-state index >= 15 is 0 Å². The van der Waals surface area contributed by atoms with Gasteiger partial charge in [-0.05, 0) is 33.2 Å². The fraction of sp³-hybridized carbons (Fsp3) is 0.316. The van der Waals surface area contributed by atoms with Crippen molar-refractivity contribution >= 4 is 40.1 Å². The standard InChI is InChI=1S/C19H22ClN9O/c1-10(24-16-11(9-21)15(22)26-19(23)27-16)17-25-13-6-4-5-12(20)14(13)18(30)29(17)8-7-28(2)3/h4-6,10H,7-8H2,1-3H3,(H5,22,23,24,26,27). The van der Waals surface area contributed by atoms with E-state index in [1.54, 1.807) is 29.7 Å². The molecule has 3 rings (SSSR count). The summed E-state index contributed by atoms with van der Waals surface area (Å²) in [5.41, 5.74) is 11.8. The Morgan fingerprint density at radius 3 is 2.70 bits per heavy atom. The third-order valence-corrected chi connectivity index (χ3v) is 4.85. The van der Waals surface area contributed by atoms with Crippen molar-refractivity contribution in [2.24, 2.45) is 0 Å². The first-order valence-corrected chi connectivity index (χ1v) is 9.54. The van der Waals surface area contributed by atoms with Crippen LogP contribution in [0.2, 0.25) is 5.02 Å². The number of hydrogen-bond donors (Lipinski definition) is 3. The Kier molecular flexibility index (Phi) is 6.05. The second kappa shape index (κ2) is 8.52. The molecule has 0 fully saturated rings. The molecule has 1 aromatic carbocycles. The summed E-state index contributed by atoms with van der Waals surface area (Å²) >= 11 is 6.27. The summed E-state index contributed by atoms with van der Waals surface area (Å²) in [6.07, 6.45) is 0. The fourth-order valence-electron chi connectivity index (χ4n) is 3.07. The Bertz CT molecular complexity index is 1200. The molecule has 5 N–H and O–H groups in total. The lowest BCUT2D eigenvalue weighted by Crippen LogP contribution is -2.32. The molecule has 0 saturated heterocycles. The van der Waals surface area contributed by atoms with E-state index in [1.807, 2.05) is 25.1 Å². The van der Waals surface area contributed by atoms with Gasteiger partial charge in [-0.25, -0.2) is 4.98 Å². The molecule has 2 aromatic heterocycles. The summed E-state index contributed by atoms with van der Waals surface area (Å²) in [6.45, 7) is 2.83. The van der Waals surface area contributed by atoms with Crippen LogP contribution >= 0.6 is 11.6 Å². The summed E-state index contributed by atoms with van der Waals surface area (Å²) in [7, 11) is 3.83. The van der Waals surface area contributed by atoms with Crippen LogP contribution in [0, 0.1) is 11.3 Å². The van der Waals surface area contributed by atoms with Crippen LogP contribution < -0.4 is 22.3 Å². The molecule has 0 radical (unpaired) electrons. The lowest BCUT2D eigenvalue weighted by molar-refractivity contribution is 0.375. The highest BCUT2D eigenvalue weighted by atomic mass is 35.5. The predicted octanol–water partition coefficient (Wildman–Crippen LogP) is 1.61. The third kappa shape index (κ3) is 4.12. The number of nitrogens with two attached hydrogens (primary N) is 2. The molecule has 0 spiro atoms. The number of anilines is 3. The predicted molar refractivity (Wildman–Crippen MR) is 117 cm³/mol. The van der Waals surface area contributed by atoms with Crippen molar-refractivity contribution in [3.63, 3.8) is 0 Å². The van der Waals surface area contributed by atoms with Crippen molar-refractivity contribution in [3.05, 3.63) is 45.0 Å². The van der Waals surface area contributed by atoms with E-state index < -0.39 is 6.04 Å². The molecule has 0 amide bonds. The maximum atomic E-state index is 13.2. The van der Waals surface area contributed by atoms with Gasteiger partial charge in [0.05, 0.1) is 22.0 Å². The van der Waals surface area contributed by atoms with Gasteiger partial charge >= 0.3 is 0 Å². The number of hydrogen-bond acceptors (Lipinski definition) is 9. The smallest absolute Gasteiger partial charge is 0.263 e. The topological polar surface area (TPSA) is 152 Å². The third-order valence-electron chi connectivity index (χ3n) is 4.54. The van der Waals surface area contributed by atoms with E-state index in [9.17, 15) is 10.1 Å². The first-order valence-electron chi connectivity index (χ1n) is 9.16. The number of aromatic nitrogens is 4. The lowest BCUT2D eigenvalue weighted by atomic mass is 10.2. The van der Waals surface area contributed by atoms with Gasteiger partial charge in [-0.15, -0.1) is 0 Å². The molecule has 0 aliphatic heterocycles.